The Morgan fingerprint density at radius 1 is 1.39 bits per heavy atom. The highest BCUT2D eigenvalue weighted by atomic mass is 127. The van der Waals surface area contributed by atoms with Crippen LogP contribution >= 0.6 is 22.6 Å². The van der Waals surface area contributed by atoms with E-state index in [2.05, 4.69) is 36.4 Å². The number of hydrogen-bond donors (Lipinski definition) is 0. The SMILES string of the molecule is CCOC(=O)c1cc(I)ccc1OCCC(C)C. The third-order valence-corrected chi connectivity index (χ3v) is 3.06. The molecule has 0 spiro atoms. The first-order chi connectivity index (χ1) is 8.54. The minimum Gasteiger partial charge on any atom is -0.493 e. The molecule has 0 saturated heterocycles. The highest BCUT2D eigenvalue weighted by molar-refractivity contribution is 14.1. The van der Waals surface area contributed by atoms with Gasteiger partial charge in [-0.25, -0.2) is 4.79 Å². The molecule has 0 saturated carbocycles. The molecule has 100 valence electrons. The van der Waals surface area contributed by atoms with Gasteiger partial charge in [0.1, 0.15) is 11.3 Å². The minimum absolute atomic E-state index is 0.324. The highest BCUT2D eigenvalue weighted by Gasteiger charge is 2.14. The Bertz CT molecular complexity index is 402. The predicted molar refractivity (Wildman–Crippen MR) is 80.1 cm³/mol. The van der Waals surface area contributed by atoms with Crippen LogP contribution in [0.5, 0.6) is 5.75 Å². The fourth-order valence-corrected chi connectivity index (χ4v) is 1.89. The smallest absolute Gasteiger partial charge is 0.341 e. The molecule has 3 nitrogen and oxygen atoms in total. The fraction of sp³-hybridized carbons (Fsp3) is 0.500. The van der Waals surface area contributed by atoms with Gasteiger partial charge in [0.15, 0.2) is 0 Å². The van der Waals surface area contributed by atoms with E-state index in [0.29, 0.717) is 30.4 Å². The average molecular weight is 362 g/mol. The van der Waals surface area contributed by atoms with Crippen molar-refractivity contribution in [3.05, 3.63) is 27.3 Å². The number of halogens is 1. The molecule has 0 aliphatic heterocycles. The van der Waals surface area contributed by atoms with Crippen LogP contribution < -0.4 is 4.74 Å². The van der Waals surface area contributed by atoms with Crippen molar-refractivity contribution >= 4 is 28.6 Å². The fourth-order valence-electron chi connectivity index (χ4n) is 1.40. The Labute approximate surface area is 122 Å². The summed E-state index contributed by atoms with van der Waals surface area (Å²) in [6.45, 7) is 7.07. The summed E-state index contributed by atoms with van der Waals surface area (Å²) >= 11 is 2.17. The molecule has 0 aliphatic carbocycles. The Hall–Kier alpha value is -0.780. The van der Waals surface area contributed by atoms with Crippen LogP contribution in [0.25, 0.3) is 0 Å². The molecule has 0 aromatic heterocycles. The second-order valence-corrected chi connectivity index (χ2v) is 5.64. The van der Waals surface area contributed by atoms with Crippen molar-refractivity contribution in [2.75, 3.05) is 13.2 Å². The van der Waals surface area contributed by atoms with Crippen LogP contribution in [0, 0.1) is 9.49 Å². The minimum atomic E-state index is -0.324. The monoisotopic (exact) mass is 362 g/mol. The van der Waals surface area contributed by atoms with Gasteiger partial charge in [-0.15, -0.1) is 0 Å². The average Bonchev–Trinajstić information content (AvgIpc) is 2.31. The van der Waals surface area contributed by atoms with E-state index in [9.17, 15) is 4.79 Å². The maximum Gasteiger partial charge on any atom is 0.341 e. The van der Waals surface area contributed by atoms with Gasteiger partial charge in [-0.1, -0.05) is 13.8 Å². The molecule has 1 aromatic rings. The van der Waals surface area contributed by atoms with E-state index >= 15 is 0 Å². The molecular weight excluding hydrogens is 343 g/mol. The summed E-state index contributed by atoms with van der Waals surface area (Å²) in [5, 5.41) is 0. The van der Waals surface area contributed by atoms with Crippen LogP contribution in [0.3, 0.4) is 0 Å². The predicted octanol–water partition coefficient (Wildman–Crippen LogP) is 3.89. The molecule has 0 amide bonds. The summed E-state index contributed by atoms with van der Waals surface area (Å²) in [5.41, 5.74) is 0.507. The topological polar surface area (TPSA) is 35.5 Å². The largest absolute Gasteiger partial charge is 0.493 e. The molecule has 0 N–H and O–H groups in total. The van der Waals surface area contributed by atoms with E-state index in [1.165, 1.54) is 0 Å². The Morgan fingerprint density at radius 2 is 2.11 bits per heavy atom. The first kappa shape index (κ1) is 15.3. The lowest BCUT2D eigenvalue weighted by Gasteiger charge is -2.12. The number of carbonyl (C=O) groups is 1. The molecule has 1 aromatic carbocycles. The van der Waals surface area contributed by atoms with Crippen LogP contribution in [0.1, 0.15) is 37.6 Å². The van der Waals surface area contributed by atoms with E-state index in [4.69, 9.17) is 9.47 Å². The standard InChI is InChI=1S/C14H19IO3/c1-4-17-14(16)12-9-11(15)5-6-13(12)18-8-7-10(2)3/h5-6,9-10H,4,7-8H2,1-3H3. The van der Waals surface area contributed by atoms with Crippen molar-refractivity contribution in [3.63, 3.8) is 0 Å². The lowest BCUT2D eigenvalue weighted by molar-refractivity contribution is 0.0521. The zero-order valence-electron chi connectivity index (χ0n) is 11.0. The first-order valence-corrected chi connectivity index (χ1v) is 7.22. The van der Waals surface area contributed by atoms with Crippen LogP contribution in [0.4, 0.5) is 0 Å². The van der Waals surface area contributed by atoms with Gasteiger partial charge in [0, 0.05) is 3.57 Å². The summed E-state index contributed by atoms with van der Waals surface area (Å²) < 4.78 is 11.7. The molecular formula is C14H19IO3. The molecule has 0 atom stereocenters. The second kappa shape index (κ2) is 7.61. The van der Waals surface area contributed by atoms with Gasteiger partial charge in [0.25, 0.3) is 0 Å². The van der Waals surface area contributed by atoms with E-state index in [1.807, 2.05) is 12.1 Å². The van der Waals surface area contributed by atoms with Gasteiger partial charge in [0.05, 0.1) is 13.2 Å². The van der Waals surface area contributed by atoms with E-state index in [0.717, 1.165) is 9.99 Å². The zero-order valence-corrected chi connectivity index (χ0v) is 13.2. The molecule has 0 radical (unpaired) electrons. The van der Waals surface area contributed by atoms with Gasteiger partial charge in [0.2, 0.25) is 0 Å². The second-order valence-electron chi connectivity index (χ2n) is 4.39. The van der Waals surface area contributed by atoms with Crippen molar-refractivity contribution in [2.45, 2.75) is 27.2 Å². The third-order valence-electron chi connectivity index (χ3n) is 2.39. The van der Waals surface area contributed by atoms with Gasteiger partial charge in [-0.05, 0) is 60.1 Å². The van der Waals surface area contributed by atoms with Crippen molar-refractivity contribution in [1.82, 2.24) is 0 Å². The quantitative estimate of drug-likeness (QED) is 0.569. The molecule has 0 unspecified atom stereocenters. The summed E-state index contributed by atoms with van der Waals surface area (Å²) in [4.78, 5) is 11.8. The zero-order chi connectivity index (χ0) is 13.5. The number of benzene rings is 1. The first-order valence-electron chi connectivity index (χ1n) is 6.14. The molecule has 0 fully saturated rings. The van der Waals surface area contributed by atoms with E-state index < -0.39 is 0 Å². The number of carbonyl (C=O) groups excluding carboxylic acids is 1. The van der Waals surface area contributed by atoms with E-state index in [1.54, 1.807) is 13.0 Å². The number of rotatable bonds is 6. The van der Waals surface area contributed by atoms with Gasteiger partial charge >= 0.3 is 5.97 Å². The van der Waals surface area contributed by atoms with Crippen LogP contribution in [0.2, 0.25) is 0 Å². The Morgan fingerprint density at radius 3 is 2.72 bits per heavy atom. The maximum absolute atomic E-state index is 11.8. The summed E-state index contributed by atoms with van der Waals surface area (Å²) in [6, 6.07) is 5.55. The molecule has 0 bridgehead atoms. The maximum atomic E-state index is 11.8. The van der Waals surface area contributed by atoms with Crippen LogP contribution in [0.15, 0.2) is 18.2 Å². The summed E-state index contributed by atoms with van der Waals surface area (Å²) in [5.74, 6) is 0.866. The molecule has 0 aliphatic rings. The molecule has 1 rings (SSSR count). The summed E-state index contributed by atoms with van der Waals surface area (Å²) in [6.07, 6.45) is 0.967. The third kappa shape index (κ3) is 4.84. The Kier molecular flexibility index (Phi) is 6.46. The van der Waals surface area contributed by atoms with E-state index in [-0.39, 0.29) is 5.97 Å². The number of ether oxygens (including phenoxy) is 2. The van der Waals surface area contributed by atoms with Crippen LogP contribution in [-0.4, -0.2) is 19.2 Å². The van der Waals surface area contributed by atoms with Gasteiger partial charge < -0.3 is 9.47 Å². The normalized spacial score (nSPS) is 10.5. The molecule has 18 heavy (non-hydrogen) atoms. The lowest BCUT2D eigenvalue weighted by Crippen LogP contribution is -2.09. The number of hydrogen-bond acceptors (Lipinski definition) is 3. The lowest BCUT2D eigenvalue weighted by atomic mass is 10.1. The van der Waals surface area contributed by atoms with Crippen molar-refractivity contribution < 1.29 is 14.3 Å². The number of esters is 1. The molecule has 4 heteroatoms. The van der Waals surface area contributed by atoms with Crippen LogP contribution in [-0.2, 0) is 4.74 Å². The molecule has 0 heterocycles. The van der Waals surface area contributed by atoms with Crippen molar-refractivity contribution in [2.24, 2.45) is 5.92 Å². The van der Waals surface area contributed by atoms with Gasteiger partial charge in [-0.2, -0.15) is 0 Å². The Balaban J connectivity index is 2.79. The highest BCUT2D eigenvalue weighted by Crippen LogP contribution is 2.22. The van der Waals surface area contributed by atoms with Crippen molar-refractivity contribution in [3.8, 4) is 5.75 Å². The van der Waals surface area contributed by atoms with Gasteiger partial charge in [-0.3, -0.25) is 0 Å². The van der Waals surface area contributed by atoms with Crippen molar-refractivity contribution in [1.29, 1.82) is 0 Å². The summed E-state index contributed by atoms with van der Waals surface area (Å²) in [7, 11) is 0.